The van der Waals surface area contributed by atoms with Gasteiger partial charge in [-0.25, -0.2) is 4.79 Å². The summed E-state index contributed by atoms with van der Waals surface area (Å²) < 4.78 is 4.84. The Hall–Kier alpha value is -1.39. The number of carbonyl (C=O) groups excluding carboxylic acids is 1. The van der Waals surface area contributed by atoms with Crippen LogP contribution in [0.15, 0.2) is 24.3 Å². The van der Waals surface area contributed by atoms with Crippen LogP contribution in [0.3, 0.4) is 0 Å². The molecule has 0 atom stereocenters. The van der Waals surface area contributed by atoms with Gasteiger partial charge in [0.15, 0.2) is 6.10 Å². The maximum Gasteiger partial charge on any atom is 0.373 e. The summed E-state index contributed by atoms with van der Waals surface area (Å²) in [5, 5.41) is 0. The van der Waals surface area contributed by atoms with Crippen LogP contribution in [-0.2, 0) is 19.9 Å². The minimum atomic E-state index is -0.518. The van der Waals surface area contributed by atoms with E-state index in [0.717, 1.165) is 5.56 Å². The molecule has 0 N–H and O–H groups in total. The van der Waals surface area contributed by atoms with E-state index in [0.29, 0.717) is 11.7 Å². The lowest BCUT2D eigenvalue weighted by Gasteiger charge is -2.18. The van der Waals surface area contributed by atoms with E-state index in [1.807, 2.05) is 12.1 Å². The van der Waals surface area contributed by atoms with Gasteiger partial charge in [0.05, 0.1) is 12.2 Å². The minimum absolute atomic E-state index is 0.0573. The SMILES string of the molecule is COC[C](C)OOC(=O)c1ccc(C(C)(C)C)cc1. The average molecular weight is 265 g/mol. The monoisotopic (exact) mass is 265 g/mol. The predicted octanol–water partition coefficient (Wildman–Crippen LogP) is 3.27. The van der Waals surface area contributed by atoms with Gasteiger partial charge in [-0.05, 0) is 30.0 Å². The van der Waals surface area contributed by atoms with Crippen molar-refractivity contribution in [2.75, 3.05) is 13.7 Å². The molecule has 0 fully saturated rings. The van der Waals surface area contributed by atoms with E-state index in [1.54, 1.807) is 26.2 Å². The summed E-state index contributed by atoms with van der Waals surface area (Å²) in [5.74, 6) is -0.518. The van der Waals surface area contributed by atoms with Crippen molar-refractivity contribution in [2.24, 2.45) is 0 Å². The van der Waals surface area contributed by atoms with Gasteiger partial charge in [-0.15, -0.1) is 0 Å². The standard InChI is InChI=1S/C15H21O4/c1-11(10-17-5)18-19-14(16)12-6-8-13(9-7-12)15(2,3)4/h6-9H,10H2,1-5H3. The van der Waals surface area contributed by atoms with Crippen LogP contribution in [0.25, 0.3) is 0 Å². The first-order valence-electron chi connectivity index (χ1n) is 6.15. The Bertz CT molecular complexity index is 403. The highest BCUT2D eigenvalue weighted by Crippen LogP contribution is 2.22. The van der Waals surface area contributed by atoms with Gasteiger partial charge in [-0.2, -0.15) is 4.89 Å². The third-order valence-electron chi connectivity index (χ3n) is 2.59. The van der Waals surface area contributed by atoms with Gasteiger partial charge in [0.25, 0.3) is 0 Å². The van der Waals surface area contributed by atoms with Gasteiger partial charge in [0, 0.05) is 7.11 Å². The molecule has 0 aliphatic carbocycles. The second kappa shape index (κ2) is 6.68. The summed E-state index contributed by atoms with van der Waals surface area (Å²) in [6.07, 6.45) is 0.488. The van der Waals surface area contributed by atoms with Crippen molar-refractivity contribution in [3.05, 3.63) is 41.5 Å². The fourth-order valence-corrected chi connectivity index (χ4v) is 1.49. The second-order valence-electron chi connectivity index (χ2n) is 5.42. The van der Waals surface area contributed by atoms with Crippen LogP contribution >= 0.6 is 0 Å². The van der Waals surface area contributed by atoms with E-state index in [2.05, 4.69) is 20.8 Å². The zero-order chi connectivity index (χ0) is 14.5. The fourth-order valence-electron chi connectivity index (χ4n) is 1.49. The minimum Gasteiger partial charge on any atom is -0.381 e. The van der Waals surface area contributed by atoms with Crippen molar-refractivity contribution < 1.29 is 19.3 Å². The molecule has 0 amide bonds. The number of rotatable bonds is 5. The molecule has 0 saturated heterocycles. The highest BCUT2D eigenvalue weighted by molar-refractivity contribution is 5.89. The van der Waals surface area contributed by atoms with Crippen LogP contribution in [0.4, 0.5) is 0 Å². The van der Waals surface area contributed by atoms with Crippen molar-refractivity contribution in [3.63, 3.8) is 0 Å². The highest BCUT2D eigenvalue weighted by atomic mass is 17.2. The van der Waals surface area contributed by atoms with Crippen molar-refractivity contribution in [1.82, 2.24) is 0 Å². The van der Waals surface area contributed by atoms with Gasteiger partial charge >= 0.3 is 5.97 Å². The van der Waals surface area contributed by atoms with Crippen molar-refractivity contribution >= 4 is 5.97 Å². The fraction of sp³-hybridized carbons (Fsp3) is 0.467. The summed E-state index contributed by atoms with van der Waals surface area (Å²) in [6, 6.07) is 7.31. The zero-order valence-electron chi connectivity index (χ0n) is 12.1. The van der Waals surface area contributed by atoms with Crippen molar-refractivity contribution in [1.29, 1.82) is 0 Å². The van der Waals surface area contributed by atoms with Crippen LogP contribution < -0.4 is 0 Å². The Morgan fingerprint density at radius 3 is 2.16 bits per heavy atom. The van der Waals surface area contributed by atoms with E-state index in [-0.39, 0.29) is 12.0 Å². The average Bonchev–Trinajstić information content (AvgIpc) is 2.35. The maximum atomic E-state index is 11.7. The molecule has 1 rings (SSSR count). The Morgan fingerprint density at radius 1 is 1.11 bits per heavy atom. The van der Waals surface area contributed by atoms with Gasteiger partial charge in [0.2, 0.25) is 0 Å². The van der Waals surface area contributed by atoms with E-state index < -0.39 is 5.97 Å². The Morgan fingerprint density at radius 2 is 1.68 bits per heavy atom. The van der Waals surface area contributed by atoms with Gasteiger partial charge in [-0.3, -0.25) is 4.89 Å². The lowest BCUT2D eigenvalue weighted by molar-refractivity contribution is -0.237. The number of methoxy groups -OCH3 is 1. The predicted molar refractivity (Wildman–Crippen MR) is 72.4 cm³/mol. The van der Waals surface area contributed by atoms with Crippen molar-refractivity contribution in [2.45, 2.75) is 33.1 Å². The molecule has 1 aromatic carbocycles. The number of carbonyl (C=O) groups is 1. The maximum absolute atomic E-state index is 11.7. The molecule has 0 aromatic heterocycles. The molecule has 0 unspecified atom stereocenters. The molecule has 105 valence electrons. The molecule has 1 radical (unpaired) electrons. The van der Waals surface area contributed by atoms with Crippen molar-refractivity contribution in [3.8, 4) is 0 Å². The zero-order valence-corrected chi connectivity index (χ0v) is 12.1. The normalized spacial score (nSPS) is 11.7. The largest absolute Gasteiger partial charge is 0.381 e. The van der Waals surface area contributed by atoms with E-state index >= 15 is 0 Å². The Balaban J connectivity index is 2.59. The number of hydrogen-bond acceptors (Lipinski definition) is 4. The van der Waals surface area contributed by atoms with Gasteiger partial charge < -0.3 is 4.74 Å². The molecule has 0 heterocycles. The van der Waals surface area contributed by atoms with Crippen LogP contribution in [0, 0.1) is 6.10 Å². The Labute approximate surface area is 114 Å². The summed E-state index contributed by atoms with van der Waals surface area (Å²) in [5.41, 5.74) is 1.67. The molecule has 0 aliphatic rings. The number of benzene rings is 1. The topological polar surface area (TPSA) is 44.8 Å². The molecule has 4 nitrogen and oxygen atoms in total. The number of ether oxygens (including phenoxy) is 1. The van der Waals surface area contributed by atoms with Crippen LogP contribution in [0.1, 0.15) is 43.6 Å². The summed E-state index contributed by atoms with van der Waals surface area (Å²) >= 11 is 0. The molecule has 1 aromatic rings. The lowest BCUT2D eigenvalue weighted by atomic mass is 9.87. The van der Waals surface area contributed by atoms with Gasteiger partial charge in [-0.1, -0.05) is 32.9 Å². The van der Waals surface area contributed by atoms with Crippen LogP contribution in [-0.4, -0.2) is 19.7 Å². The third-order valence-corrected chi connectivity index (χ3v) is 2.59. The highest BCUT2D eigenvalue weighted by Gasteiger charge is 2.16. The molecule has 0 spiro atoms. The summed E-state index contributed by atoms with van der Waals surface area (Å²) in [6.45, 7) is 8.32. The number of hydrogen-bond donors (Lipinski definition) is 0. The summed E-state index contributed by atoms with van der Waals surface area (Å²) in [4.78, 5) is 21.3. The molecule has 0 aliphatic heterocycles. The quantitative estimate of drug-likeness (QED) is 0.605. The first-order chi connectivity index (χ1) is 8.84. The van der Waals surface area contributed by atoms with E-state index in [1.165, 1.54) is 0 Å². The van der Waals surface area contributed by atoms with E-state index in [4.69, 9.17) is 14.5 Å². The molecular formula is C15H21O4. The van der Waals surface area contributed by atoms with Gasteiger partial charge in [0.1, 0.15) is 0 Å². The van der Waals surface area contributed by atoms with E-state index in [9.17, 15) is 4.79 Å². The third kappa shape index (κ3) is 5.01. The Kier molecular flexibility index (Phi) is 5.51. The van der Waals surface area contributed by atoms with Crippen LogP contribution in [0.2, 0.25) is 0 Å². The molecular weight excluding hydrogens is 244 g/mol. The smallest absolute Gasteiger partial charge is 0.373 e. The summed E-state index contributed by atoms with van der Waals surface area (Å²) in [7, 11) is 1.54. The van der Waals surface area contributed by atoms with Crippen LogP contribution in [0.5, 0.6) is 0 Å². The molecule has 4 heteroatoms. The first kappa shape index (κ1) is 15.7. The molecule has 0 saturated carbocycles. The molecule has 0 bridgehead atoms. The molecule has 19 heavy (non-hydrogen) atoms. The first-order valence-corrected chi connectivity index (χ1v) is 6.15. The second-order valence-corrected chi connectivity index (χ2v) is 5.42. The lowest BCUT2D eigenvalue weighted by Crippen LogP contribution is -2.13.